The minimum atomic E-state index is 0.299. The van der Waals surface area contributed by atoms with Gasteiger partial charge in [-0.05, 0) is 79.0 Å². The van der Waals surface area contributed by atoms with Gasteiger partial charge in [-0.1, -0.05) is 92.4 Å². The smallest absolute Gasteiger partial charge is 0.0249 e. The lowest BCUT2D eigenvalue weighted by molar-refractivity contribution is 0.323. The van der Waals surface area contributed by atoms with E-state index in [-0.39, 0.29) is 0 Å². The molecular formula is C30H32. The molecule has 0 aliphatic carbocycles. The van der Waals surface area contributed by atoms with Crippen molar-refractivity contribution < 1.29 is 0 Å². The van der Waals surface area contributed by atoms with Gasteiger partial charge in [0.1, 0.15) is 0 Å². The van der Waals surface area contributed by atoms with Crippen molar-refractivity contribution in [3.05, 3.63) is 113 Å². The van der Waals surface area contributed by atoms with Crippen LogP contribution < -0.4 is 0 Å². The van der Waals surface area contributed by atoms with Crippen LogP contribution in [0.3, 0.4) is 0 Å². The summed E-state index contributed by atoms with van der Waals surface area (Å²) in [6.45, 7) is 10.7. The maximum Gasteiger partial charge on any atom is 0.0249 e. The van der Waals surface area contributed by atoms with Gasteiger partial charge in [0.05, 0.1) is 0 Å². The maximum absolute atomic E-state index is 3.98. The molecule has 152 valence electrons. The number of hydrogen-bond donors (Lipinski definition) is 0. The van der Waals surface area contributed by atoms with E-state index < -0.39 is 0 Å². The van der Waals surface area contributed by atoms with Crippen molar-refractivity contribution in [2.45, 2.75) is 46.5 Å². The first-order valence-corrected chi connectivity index (χ1v) is 10.8. The van der Waals surface area contributed by atoms with Crippen molar-refractivity contribution in [3.8, 4) is 11.8 Å². The molecule has 0 amide bonds. The van der Waals surface area contributed by atoms with E-state index >= 15 is 0 Å². The van der Waals surface area contributed by atoms with Gasteiger partial charge in [0.25, 0.3) is 0 Å². The molecule has 0 N–H and O–H groups in total. The second-order valence-corrected chi connectivity index (χ2v) is 8.98. The molecule has 0 unspecified atom stereocenters. The van der Waals surface area contributed by atoms with E-state index in [2.05, 4.69) is 111 Å². The standard InChI is InChI=1S/C30H32/c1-24(2)29-20-18-27(19-21-29)13-12-26-14-16-28(17-15-26)23-30(3,4)22-8-11-25-9-6-5-7-10-25/h5-7,9-10,14-21H,1,8,11,22-23H2,2-4H3. The molecule has 0 nitrogen and oxygen atoms in total. The lowest BCUT2D eigenvalue weighted by Crippen LogP contribution is -2.15. The van der Waals surface area contributed by atoms with Crippen LogP contribution in [0, 0.1) is 17.3 Å². The van der Waals surface area contributed by atoms with Crippen LogP contribution in [0.2, 0.25) is 0 Å². The predicted molar refractivity (Wildman–Crippen MR) is 130 cm³/mol. The second-order valence-electron chi connectivity index (χ2n) is 8.98. The van der Waals surface area contributed by atoms with E-state index in [1.165, 1.54) is 24.0 Å². The minimum Gasteiger partial charge on any atom is -0.0955 e. The van der Waals surface area contributed by atoms with Crippen molar-refractivity contribution in [1.29, 1.82) is 0 Å². The normalized spacial score (nSPS) is 10.9. The van der Waals surface area contributed by atoms with Gasteiger partial charge in [-0.3, -0.25) is 0 Å². The summed E-state index contributed by atoms with van der Waals surface area (Å²) in [4.78, 5) is 0. The summed E-state index contributed by atoms with van der Waals surface area (Å²) in [5.41, 5.74) is 7.45. The summed E-state index contributed by atoms with van der Waals surface area (Å²) in [6, 6.07) is 27.8. The van der Waals surface area contributed by atoms with E-state index in [0.717, 1.165) is 35.1 Å². The van der Waals surface area contributed by atoms with Crippen molar-refractivity contribution in [2.24, 2.45) is 5.41 Å². The minimum absolute atomic E-state index is 0.299. The fourth-order valence-electron chi connectivity index (χ4n) is 3.75. The fourth-order valence-corrected chi connectivity index (χ4v) is 3.75. The van der Waals surface area contributed by atoms with Crippen LogP contribution in [-0.2, 0) is 12.8 Å². The van der Waals surface area contributed by atoms with E-state index in [1.54, 1.807) is 0 Å². The summed E-state index contributed by atoms with van der Waals surface area (Å²) in [7, 11) is 0. The number of rotatable bonds is 7. The molecule has 3 aromatic rings. The lowest BCUT2D eigenvalue weighted by atomic mass is 9.81. The Hall–Kier alpha value is -3.04. The lowest BCUT2D eigenvalue weighted by Gasteiger charge is -2.25. The molecule has 0 heterocycles. The highest BCUT2D eigenvalue weighted by Crippen LogP contribution is 2.28. The molecule has 0 atom stereocenters. The van der Waals surface area contributed by atoms with Crippen LogP contribution in [0.15, 0.2) is 85.4 Å². The summed E-state index contributed by atoms with van der Waals surface area (Å²) in [5.74, 6) is 6.54. The van der Waals surface area contributed by atoms with Crippen LogP contribution in [-0.4, -0.2) is 0 Å². The Morgan fingerprint density at radius 3 is 1.90 bits per heavy atom. The van der Waals surface area contributed by atoms with Gasteiger partial charge in [-0.2, -0.15) is 0 Å². The van der Waals surface area contributed by atoms with Crippen LogP contribution in [0.5, 0.6) is 0 Å². The Kier molecular flexibility index (Phi) is 7.31. The van der Waals surface area contributed by atoms with Crippen molar-refractivity contribution in [2.75, 3.05) is 0 Å². The Morgan fingerprint density at radius 2 is 1.33 bits per heavy atom. The average Bonchev–Trinajstić information content (AvgIpc) is 2.74. The zero-order valence-electron chi connectivity index (χ0n) is 18.5. The maximum atomic E-state index is 3.98. The molecule has 0 saturated heterocycles. The number of aryl methyl sites for hydroxylation is 1. The number of benzene rings is 3. The third-order valence-corrected chi connectivity index (χ3v) is 5.53. The summed E-state index contributed by atoms with van der Waals surface area (Å²) >= 11 is 0. The molecule has 0 aliphatic heterocycles. The molecule has 0 radical (unpaired) electrons. The first-order valence-electron chi connectivity index (χ1n) is 10.8. The van der Waals surface area contributed by atoms with Crippen molar-refractivity contribution in [1.82, 2.24) is 0 Å². The fraction of sp³-hybridized carbons (Fsp3) is 0.267. The van der Waals surface area contributed by atoms with Gasteiger partial charge in [-0.15, -0.1) is 0 Å². The van der Waals surface area contributed by atoms with Crippen LogP contribution in [0.25, 0.3) is 5.57 Å². The van der Waals surface area contributed by atoms with Crippen LogP contribution >= 0.6 is 0 Å². The quantitative estimate of drug-likeness (QED) is 0.361. The van der Waals surface area contributed by atoms with E-state index in [0.29, 0.717) is 5.41 Å². The highest BCUT2D eigenvalue weighted by molar-refractivity contribution is 5.62. The monoisotopic (exact) mass is 392 g/mol. The number of hydrogen-bond acceptors (Lipinski definition) is 0. The molecule has 0 saturated carbocycles. The SMILES string of the molecule is C=C(C)c1ccc(C#Cc2ccc(CC(C)(C)CCCc3ccccc3)cc2)cc1. The van der Waals surface area contributed by atoms with Gasteiger partial charge in [0.2, 0.25) is 0 Å². The molecular weight excluding hydrogens is 360 g/mol. The average molecular weight is 393 g/mol. The molecule has 0 bridgehead atoms. The molecule has 3 rings (SSSR count). The third kappa shape index (κ3) is 6.78. The summed E-state index contributed by atoms with van der Waals surface area (Å²) in [6.07, 6.45) is 4.71. The zero-order valence-corrected chi connectivity index (χ0v) is 18.5. The Morgan fingerprint density at radius 1 is 0.767 bits per heavy atom. The second kappa shape index (κ2) is 10.1. The number of allylic oxidation sites excluding steroid dienone is 1. The van der Waals surface area contributed by atoms with Gasteiger partial charge in [-0.25, -0.2) is 0 Å². The Bertz CT molecular complexity index is 1010. The molecule has 0 heteroatoms. The van der Waals surface area contributed by atoms with Gasteiger partial charge < -0.3 is 0 Å². The van der Waals surface area contributed by atoms with E-state index in [9.17, 15) is 0 Å². The summed E-state index contributed by atoms with van der Waals surface area (Å²) < 4.78 is 0. The molecule has 0 spiro atoms. The highest BCUT2D eigenvalue weighted by Gasteiger charge is 2.18. The van der Waals surface area contributed by atoms with Gasteiger partial charge in [0.15, 0.2) is 0 Å². The van der Waals surface area contributed by atoms with Crippen molar-refractivity contribution >= 4 is 5.57 Å². The van der Waals surface area contributed by atoms with E-state index in [4.69, 9.17) is 0 Å². The summed E-state index contributed by atoms with van der Waals surface area (Å²) in [5, 5.41) is 0. The highest BCUT2D eigenvalue weighted by atomic mass is 14.2. The topological polar surface area (TPSA) is 0 Å². The molecule has 0 fully saturated rings. The first kappa shape index (κ1) is 21.7. The zero-order chi connectivity index (χ0) is 21.4. The van der Waals surface area contributed by atoms with E-state index in [1.807, 2.05) is 6.92 Å². The first-order chi connectivity index (χ1) is 14.4. The molecule has 0 aromatic heterocycles. The predicted octanol–water partition coefficient (Wildman–Crippen LogP) is 7.71. The molecule has 0 aliphatic rings. The van der Waals surface area contributed by atoms with Gasteiger partial charge >= 0.3 is 0 Å². The Labute approximate surface area is 182 Å². The Balaban J connectivity index is 1.54. The third-order valence-electron chi connectivity index (χ3n) is 5.53. The molecule has 30 heavy (non-hydrogen) atoms. The largest absolute Gasteiger partial charge is 0.0955 e. The van der Waals surface area contributed by atoms with Gasteiger partial charge in [0, 0.05) is 11.1 Å². The van der Waals surface area contributed by atoms with Crippen LogP contribution in [0.4, 0.5) is 0 Å². The van der Waals surface area contributed by atoms with Crippen molar-refractivity contribution in [3.63, 3.8) is 0 Å². The molecule has 3 aromatic carbocycles. The van der Waals surface area contributed by atoms with Crippen LogP contribution in [0.1, 0.15) is 61.4 Å².